The molecule has 0 bridgehead atoms. The maximum atomic E-state index is 5.65. The third-order valence-electron chi connectivity index (χ3n) is 2.19. The molecule has 0 aliphatic carbocycles. The second-order valence-corrected chi connectivity index (χ2v) is 4.62. The highest BCUT2D eigenvalue weighted by atomic mass is 35.5. The highest BCUT2D eigenvalue weighted by Gasteiger charge is 2.07. The van der Waals surface area contributed by atoms with Crippen LogP contribution in [0.3, 0.4) is 0 Å². The summed E-state index contributed by atoms with van der Waals surface area (Å²) in [4.78, 5) is 12.7. The van der Waals surface area contributed by atoms with Crippen molar-refractivity contribution in [3.8, 4) is 16.6 Å². The van der Waals surface area contributed by atoms with Gasteiger partial charge in [-0.2, -0.15) is 0 Å². The molecule has 0 aliphatic rings. The quantitative estimate of drug-likeness (QED) is 0.783. The van der Waals surface area contributed by atoms with E-state index in [4.69, 9.17) is 16.3 Å². The van der Waals surface area contributed by atoms with Gasteiger partial charge >= 0.3 is 0 Å². The molecule has 0 N–H and O–H groups in total. The Hall–Kier alpha value is -1.20. The highest BCUT2D eigenvalue weighted by molar-refractivity contribution is 7.13. The van der Waals surface area contributed by atoms with Gasteiger partial charge in [0.15, 0.2) is 0 Å². The van der Waals surface area contributed by atoms with Crippen molar-refractivity contribution in [2.24, 2.45) is 0 Å². The van der Waals surface area contributed by atoms with E-state index in [1.54, 1.807) is 24.5 Å². The number of hydrogen-bond acceptors (Lipinski definition) is 5. The van der Waals surface area contributed by atoms with Crippen LogP contribution >= 0.6 is 22.9 Å². The minimum atomic E-state index is 0.549. The molecule has 2 heterocycles. The molecule has 0 saturated heterocycles. The molecule has 0 aromatic carbocycles. The summed E-state index contributed by atoms with van der Waals surface area (Å²) in [6.45, 7) is 0. The van der Waals surface area contributed by atoms with Gasteiger partial charge in [-0.05, 0) is 12.8 Å². The van der Waals surface area contributed by atoms with Crippen molar-refractivity contribution in [1.29, 1.82) is 0 Å². The van der Waals surface area contributed by atoms with Gasteiger partial charge in [0.1, 0.15) is 17.0 Å². The molecular formula is C11H12ClN3OS. The number of methoxy groups -OCH3 is 1. The van der Waals surface area contributed by atoms with Crippen LogP contribution in [0.25, 0.3) is 10.7 Å². The summed E-state index contributed by atoms with van der Waals surface area (Å²) in [5.74, 6) is 1.21. The van der Waals surface area contributed by atoms with E-state index in [9.17, 15) is 0 Å². The van der Waals surface area contributed by atoms with Crippen molar-refractivity contribution in [3.05, 3.63) is 23.5 Å². The lowest BCUT2D eigenvalue weighted by Crippen LogP contribution is -1.91. The zero-order valence-corrected chi connectivity index (χ0v) is 11.0. The zero-order chi connectivity index (χ0) is 12.1. The van der Waals surface area contributed by atoms with Gasteiger partial charge in [-0.25, -0.2) is 15.0 Å². The minimum absolute atomic E-state index is 0.549. The molecule has 90 valence electrons. The molecule has 0 aliphatic heterocycles. The fourth-order valence-electron chi connectivity index (χ4n) is 1.36. The molecule has 4 nitrogen and oxygen atoms in total. The van der Waals surface area contributed by atoms with Gasteiger partial charge in [-0.15, -0.1) is 22.9 Å². The second kappa shape index (κ2) is 5.93. The van der Waals surface area contributed by atoms with Gasteiger partial charge in [-0.3, -0.25) is 0 Å². The molecule has 2 aromatic rings. The maximum absolute atomic E-state index is 5.65. The molecule has 0 atom stereocenters. The molecule has 6 heteroatoms. The van der Waals surface area contributed by atoms with Crippen molar-refractivity contribution in [2.75, 3.05) is 13.0 Å². The van der Waals surface area contributed by atoms with Gasteiger partial charge in [0.05, 0.1) is 12.8 Å². The fourth-order valence-corrected chi connectivity index (χ4v) is 2.31. The monoisotopic (exact) mass is 269 g/mol. The van der Waals surface area contributed by atoms with E-state index in [2.05, 4.69) is 15.0 Å². The third-order valence-corrected chi connectivity index (χ3v) is 3.37. The Balaban J connectivity index is 2.18. The predicted octanol–water partition coefficient (Wildman–Crippen LogP) is 2.78. The summed E-state index contributed by atoms with van der Waals surface area (Å²) in [5.41, 5.74) is 1.85. The minimum Gasteiger partial charge on any atom is -0.481 e. The average molecular weight is 270 g/mol. The second-order valence-electron chi connectivity index (χ2n) is 3.38. The highest BCUT2D eigenvalue weighted by Crippen LogP contribution is 2.24. The lowest BCUT2D eigenvalue weighted by atomic mass is 10.3. The SMILES string of the molecule is COc1cc(-c2nc(CCCCl)cs2)ncn1. The first-order valence-electron chi connectivity index (χ1n) is 5.20. The number of aryl methyl sites for hydroxylation is 1. The number of halogens is 1. The standard InChI is InChI=1S/C11H12ClN3OS/c1-16-10-5-9(13-7-14-10)11-15-8(6-17-11)3-2-4-12/h5-7H,2-4H2,1H3. The van der Waals surface area contributed by atoms with E-state index in [1.807, 2.05) is 5.38 Å². The van der Waals surface area contributed by atoms with Crippen LogP contribution in [0.1, 0.15) is 12.1 Å². The van der Waals surface area contributed by atoms with E-state index in [0.717, 1.165) is 29.2 Å². The Morgan fingerprint density at radius 1 is 1.41 bits per heavy atom. The molecule has 2 aromatic heterocycles. The number of thiazole rings is 1. The maximum Gasteiger partial charge on any atom is 0.216 e. The third kappa shape index (κ3) is 3.14. The normalized spacial score (nSPS) is 10.5. The average Bonchev–Trinajstić information content (AvgIpc) is 2.85. The molecular weight excluding hydrogens is 258 g/mol. The first-order valence-corrected chi connectivity index (χ1v) is 6.61. The number of hydrogen-bond donors (Lipinski definition) is 0. The van der Waals surface area contributed by atoms with E-state index in [-0.39, 0.29) is 0 Å². The summed E-state index contributed by atoms with van der Waals surface area (Å²) in [5, 5.41) is 2.92. The molecule has 0 fully saturated rings. The van der Waals surface area contributed by atoms with Crippen LogP contribution < -0.4 is 4.74 Å². The number of alkyl halides is 1. The number of ether oxygens (including phenoxy) is 1. The Morgan fingerprint density at radius 3 is 3.06 bits per heavy atom. The van der Waals surface area contributed by atoms with E-state index >= 15 is 0 Å². The Bertz CT molecular complexity index is 489. The molecule has 0 saturated carbocycles. The number of aromatic nitrogens is 3. The molecule has 17 heavy (non-hydrogen) atoms. The zero-order valence-electron chi connectivity index (χ0n) is 9.39. The Morgan fingerprint density at radius 2 is 2.29 bits per heavy atom. The topological polar surface area (TPSA) is 47.9 Å². The van der Waals surface area contributed by atoms with Crippen LogP contribution in [0, 0.1) is 0 Å². The van der Waals surface area contributed by atoms with Crippen LogP contribution in [0.2, 0.25) is 0 Å². The summed E-state index contributed by atoms with van der Waals surface area (Å²) in [6.07, 6.45) is 3.33. The van der Waals surface area contributed by atoms with Gasteiger partial charge in [0, 0.05) is 17.3 Å². The number of nitrogens with zero attached hydrogens (tertiary/aromatic N) is 3. The summed E-state index contributed by atoms with van der Waals surface area (Å²) < 4.78 is 5.06. The van der Waals surface area contributed by atoms with Crippen LogP contribution in [0.5, 0.6) is 5.88 Å². The largest absolute Gasteiger partial charge is 0.481 e. The van der Waals surface area contributed by atoms with Crippen molar-refractivity contribution >= 4 is 22.9 Å². The Labute approximate surface area is 109 Å². The molecule has 0 unspecified atom stereocenters. The molecule has 0 spiro atoms. The van der Waals surface area contributed by atoms with Crippen LogP contribution in [-0.2, 0) is 6.42 Å². The first kappa shape index (κ1) is 12.3. The molecule has 0 radical (unpaired) electrons. The molecule has 2 rings (SSSR count). The smallest absolute Gasteiger partial charge is 0.216 e. The van der Waals surface area contributed by atoms with Crippen molar-refractivity contribution in [2.45, 2.75) is 12.8 Å². The summed E-state index contributed by atoms with van der Waals surface area (Å²) >= 11 is 7.23. The lowest BCUT2D eigenvalue weighted by molar-refractivity contribution is 0.397. The van der Waals surface area contributed by atoms with Crippen LogP contribution in [-0.4, -0.2) is 27.9 Å². The van der Waals surface area contributed by atoms with Gasteiger partial charge in [-0.1, -0.05) is 0 Å². The Kier molecular flexibility index (Phi) is 4.28. The first-order chi connectivity index (χ1) is 8.33. The summed E-state index contributed by atoms with van der Waals surface area (Å²) in [7, 11) is 1.58. The van der Waals surface area contributed by atoms with Crippen LogP contribution in [0.15, 0.2) is 17.8 Å². The van der Waals surface area contributed by atoms with E-state index < -0.39 is 0 Å². The molecule has 0 amide bonds. The van der Waals surface area contributed by atoms with Gasteiger partial charge < -0.3 is 4.74 Å². The summed E-state index contributed by atoms with van der Waals surface area (Å²) in [6, 6.07) is 1.78. The van der Waals surface area contributed by atoms with Crippen molar-refractivity contribution in [1.82, 2.24) is 15.0 Å². The van der Waals surface area contributed by atoms with Crippen molar-refractivity contribution < 1.29 is 4.74 Å². The van der Waals surface area contributed by atoms with E-state index in [0.29, 0.717) is 11.8 Å². The number of rotatable bonds is 5. The van der Waals surface area contributed by atoms with Crippen LogP contribution in [0.4, 0.5) is 0 Å². The lowest BCUT2D eigenvalue weighted by Gasteiger charge is -1.99. The van der Waals surface area contributed by atoms with E-state index in [1.165, 1.54) is 6.33 Å². The van der Waals surface area contributed by atoms with Crippen molar-refractivity contribution in [3.63, 3.8) is 0 Å². The van der Waals surface area contributed by atoms with Gasteiger partial charge in [0.2, 0.25) is 5.88 Å². The fraction of sp³-hybridized carbons (Fsp3) is 0.364. The predicted molar refractivity (Wildman–Crippen MR) is 68.7 cm³/mol. The van der Waals surface area contributed by atoms with Gasteiger partial charge in [0.25, 0.3) is 0 Å².